The zero-order valence-corrected chi connectivity index (χ0v) is 36.9. The van der Waals surface area contributed by atoms with E-state index in [0.717, 1.165) is 6.07 Å². The number of unbranched alkanes of at least 4 members (excludes halogenated alkanes) is 30. The minimum Gasteiger partial charge on any atom is -0.545 e. The van der Waals surface area contributed by atoms with Gasteiger partial charge in [0, 0.05) is 0 Å². The van der Waals surface area contributed by atoms with E-state index in [2.05, 4.69) is 27.9 Å². The predicted molar refractivity (Wildman–Crippen MR) is 228 cm³/mol. The summed E-state index contributed by atoms with van der Waals surface area (Å²) in [5.41, 5.74) is -1.22. The molecule has 0 unspecified atom stereocenters. The first-order valence-electron chi connectivity index (χ1n) is 22.7. The SMILES string of the molecule is CCCCCCCCCCCCCCCCCC[N+](C)(C)CCCCCCCCCCCCCCCCCC.O=C([O-])c1cc(C(=O)O)cc(S(=O)(=O)O)c1. The summed E-state index contributed by atoms with van der Waals surface area (Å²) < 4.78 is 31.4. The number of hydrogen-bond donors (Lipinski definition) is 2. The smallest absolute Gasteiger partial charge is 0.335 e. The third kappa shape index (κ3) is 33.8. The summed E-state index contributed by atoms with van der Waals surface area (Å²) in [5.74, 6) is -3.26. The van der Waals surface area contributed by atoms with Gasteiger partial charge in [-0.3, -0.25) is 4.55 Å². The molecule has 1 aromatic rings. The van der Waals surface area contributed by atoms with Gasteiger partial charge in [0.15, 0.2) is 0 Å². The Balaban J connectivity index is 0.00000150. The van der Waals surface area contributed by atoms with Crippen molar-refractivity contribution in [1.82, 2.24) is 0 Å². The van der Waals surface area contributed by atoms with Crippen LogP contribution in [0, 0.1) is 0 Å². The molecule has 0 aliphatic rings. The van der Waals surface area contributed by atoms with Crippen molar-refractivity contribution in [3.63, 3.8) is 0 Å². The van der Waals surface area contributed by atoms with Crippen LogP contribution >= 0.6 is 0 Å². The number of benzene rings is 1. The lowest BCUT2D eigenvalue weighted by atomic mass is 10.0. The molecule has 55 heavy (non-hydrogen) atoms. The maximum atomic E-state index is 10.7. The lowest BCUT2D eigenvalue weighted by Crippen LogP contribution is -2.41. The van der Waals surface area contributed by atoms with Gasteiger partial charge in [-0.2, -0.15) is 8.42 Å². The van der Waals surface area contributed by atoms with Crippen molar-refractivity contribution in [2.75, 3.05) is 27.2 Å². The van der Waals surface area contributed by atoms with E-state index >= 15 is 0 Å². The third-order valence-corrected chi connectivity index (χ3v) is 11.8. The summed E-state index contributed by atoms with van der Waals surface area (Å²) in [4.78, 5) is 20.2. The molecule has 0 fully saturated rings. The maximum Gasteiger partial charge on any atom is 0.335 e. The molecule has 0 saturated carbocycles. The number of carboxylic acid groups (broad SMARTS) is 2. The van der Waals surface area contributed by atoms with E-state index in [1.165, 1.54) is 223 Å². The van der Waals surface area contributed by atoms with E-state index in [9.17, 15) is 23.1 Å². The van der Waals surface area contributed by atoms with Crippen LogP contribution in [0.25, 0.3) is 0 Å². The largest absolute Gasteiger partial charge is 0.545 e. The number of aromatic carboxylic acids is 2. The number of rotatable bonds is 37. The van der Waals surface area contributed by atoms with E-state index in [4.69, 9.17) is 9.66 Å². The first-order valence-corrected chi connectivity index (χ1v) is 24.2. The molecular weight excluding hydrogens is 711 g/mol. The lowest BCUT2D eigenvalue weighted by molar-refractivity contribution is -0.890. The van der Waals surface area contributed by atoms with Crippen molar-refractivity contribution >= 4 is 22.1 Å². The van der Waals surface area contributed by atoms with Crippen molar-refractivity contribution in [2.45, 2.75) is 224 Å². The zero-order valence-electron chi connectivity index (χ0n) is 36.1. The van der Waals surface area contributed by atoms with Gasteiger partial charge in [0.05, 0.1) is 43.6 Å². The van der Waals surface area contributed by atoms with Gasteiger partial charge in [-0.15, -0.1) is 0 Å². The van der Waals surface area contributed by atoms with Crippen LogP contribution in [-0.2, 0) is 10.1 Å². The molecule has 2 N–H and O–H groups in total. The lowest BCUT2D eigenvalue weighted by Gasteiger charge is -2.30. The second-order valence-electron chi connectivity index (χ2n) is 16.8. The molecule has 0 spiro atoms. The van der Waals surface area contributed by atoms with E-state index in [1.54, 1.807) is 0 Å². The minimum absolute atomic E-state index is 0.575. The molecule has 9 heteroatoms. The van der Waals surface area contributed by atoms with Gasteiger partial charge in [0.1, 0.15) is 0 Å². The van der Waals surface area contributed by atoms with Gasteiger partial charge in [0.25, 0.3) is 10.1 Å². The van der Waals surface area contributed by atoms with Crippen molar-refractivity contribution in [3.05, 3.63) is 29.3 Å². The molecule has 1 aromatic carbocycles. The molecule has 0 saturated heterocycles. The molecule has 0 atom stereocenters. The van der Waals surface area contributed by atoms with Gasteiger partial charge < -0.3 is 19.5 Å². The Hall–Kier alpha value is -1.97. The van der Waals surface area contributed by atoms with Crippen molar-refractivity contribution in [2.24, 2.45) is 0 Å². The van der Waals surface area contributed by atoms with Gasteiger partial charge in [-0.25, -0.2) is 4.79 Å². The molecule has 8 nitrogen and oxygen atoms in total. The fourth-order valence-corrected chi connectivity index (χ4v) is 7.83. The molecule has 0 heterocycles. The Morgan fingerprint density at radius 2 is 0.745 bits per heavy atom. The molecule has 0 aromatic heterocycles. The second kappa shape index (κ2) is 35.2. The van der Waals surface area contributed by atoms with Crippen molar-refractivity contribution in [1.29, 1.82) is 0 Å². The van der Waals surface area contributed by atoms with Crippen LogP contribution in [0.5, 0.6) is 0 Å². The number of quaternary nitrogens is 1. The molecule has 322 valence electrons. The van der Waals surface area contributed by atoms with Gasteiger partial charge in [-0.1, -0.05) is 194 Å². The summed E-state index contributed by atoms with van der Waals surface area (Å²) in [5, 5.41) is 19.1. The second-order valence-corrected chi connectivity index (χ2v) is 18.2. The molecule has 0 radical (unpaired) electrons. The van der Waals surface area contributed by atoms with Crippen LogP contribution in [0.1, 0.15) is 240 Å². The normalized spacial score (nSPS) is 11.7. The summed E-state index contributed by atoms with van der Waals surface area (Å²) >= 11 is 0. The van der Waals surface area contributed by atoms with Gasteiger partial charge in [0.2, 0.25) is 0 Å². The fraction of sp³-hybridized carbons (Fsp3) is 0.826. The summed E-state index contributed by atoms with van der Waals surface area (Å²) in [6.07, 6.45) is 46.9. The quantitative estimate of drug-likeness (QED) is 0.0389. The van der Waals surface area contributed by atoms with Crippen LogP contribution < -0.4 is 5.11 Å². The Labute approximate surface area is 339 Å². The highest BCUT2D eigenvalue weighted by atomic mass is 32.2. The van der Waals surface area contributed by atoms with E-state index in [1.807, 2.05) is 0 Å². The van der Waals surface area contributed by atoms with E-state index < -0.39 is 38.1 Å². The van der Waals surface area contributed by atoms with Gasteiger partial charge >= 0.3 is 5.97 Å². The maximum absolute atomic E-state index is 10.7. The summed E-state index contributed by atoms with van der Waals surface area (Å²) in [7, 11) is 0.268. The molecule has 0 aliphatic heterocycles. The Morgan fingerprint density at radius 1 is 0.491 bits per heavy atom. The fourth-order valence-electron chi connectivity index (χ4n) is 7.28. The minimum atomic E-state index is -4.67. The third-order valence-electron chi connectivity index (χ3n) is 10.9. The first kappa shape index (κ1) is 53.0. The number of hydrogen-bond acceptors (Lipinski definition) is 5. The highest BCUT2D eigenvalue weighted by Gasteiger charge is 2.16. The Morgan fingerprint density at radius 3 is 0.982 bits per heavy atom. The van der Waals surface area contributed by atoms with E-state index in [0.29, 0.717) is 12.1 Å². The monoisotopic (exact) mass is 796 g/mol. The predicted octanol–water partition coefficient (Wildman–Crippen LogP) is 12.6. The Kier molecular flexibility index (Phi) is 34.0. The summed E-state index contributed by atoms with van der Waals surface area (Å²) in [6.45, 7) is 7.39. The van der Waals surface area contributed by atoms with Crippen LogP contribution in [0.3, 0.4) is 0 Å². The van der Waals surface area contributed by atoms with Crippen molar-refractivity contribution < 1.29 is 37.3 Å². The highest BCUT2D eigenvalue weighted by molar-refractivity contribution is 7.85. The average Bonchev–Trinajstić information content (AvgIpc) is 3.14. The zero-order chi connectivity index (χ0) is 41.0. The number of nitrogens with zero attached hydrogens (tertiary/aromatic N) is 1. The standard InChI is InChI=1S/C38H80N.C8H6O7S/c1-5-7-9-11-13-15-17-19-21-23-25-27-29-31-33-35-37-39(3,4)38-36-34-32-30-28-26-24-22-20-18-16-14-12-10-8-6-2;9-7(10)4-1-5(8(11)12)3-6(2-4)16(13,14)15/h5-38H2,1-4H3;1-3H,(H,9,10)(H,11,12)(H,13,14,15)/q+1;/p-1. The molecule has 0 amide bonds. The molecule has 1 rings (SSSR count). The topological polar surface area (TPSA) is 132 Å². The average molecular weight is 796 g/mol. The summed E-state index contributed by atoms with van der Waals surface area (Å²) in [6, 6.07) is 1.98. The first-order chi connectivity index (χ1) is 26.3. The van der Waals surface area contributed by atoms with Crippen LogP contribution in [-0.4, -0.2) is 61.7 Å². The number of carboxylic acids is 2. The van der Waals surface area contributed by atoms with Gasteiger partial charge in [-0.05, 0) is 49.4 Å². The van der Waals surface area contributed by atoms with Crippen LogP contribution in [0.15, 0.2) is 23.1 Å². The number of carbonyl (C=O) groups excluding carboxylic acids is 1. The molecular formula is C46H85NO7S. The Bertz CT molecular complexity index is 1110. The molecule has 0 bridgehead atoms. The number of carbonyl (C=O) groups is 2. The molecule has 0 aliphatic carbocycles. The van der Waals surface area contributed by atoms with E-state index in [-0.39, 0.29) is 0 Å². The van der Waals surface area contributed by atoms with Crippen molar-refractivity contribution in [3.8, 4) is 0 Å². The van der Waals surface area contributed by atoms with Crippen LogP contribution in [0.4, 0.5) is 0 Å². The highest BCUT2D eigenvalue weighted by Crippen LogP contribution is 2.18. The van der Waals surface area contributed by atoms with Crippen LogP contribution in [0.2, 0.25) is 0 Å².